The first-order valence-electron chi connectivity index (χ1n) is 6.74. The highest BCUT2D eigenvalue weighted by Gasteiger charge is 2.50. The average Bonchev–Trinajstić information content (AvgIpc) is 3.22. The minimum atomic E-state index is -0.920. The summed E-state index contributed by atoms with van der Waals surface area (Å²) in [6.45, 7) is 2.49. The normalized spacial score (nSPS) is 18.2. The van der Waals surface area contributed by atoms with Crippen LogP contribution in [0, 0.1) is 5.92 Å². The Morgan fingerprint density at radius 1 is 1.26 bits per heavy atom. The number of aliphatic carboxylic acids is 1. The second-order valence-corrected chi connectivity index (χ2v) is 4.81. The van der Waals surface area contributed by atoms with Gasteiger partial charge in [-0.1, -0.05) is 0 Å². The van der Waals surface area contributed by atoms with Crippen molar-refractivity contribution in [2.24, 2.45) is 5.92 Å². The van der Waals surface area contributed by atoms with Crippen molar-refractivity contribution in [2.75, 3.05) is 47.2 Å². The van der Waals surface area contributed by atoms with Gasteiger partial charge in [0.05, 0.1) is 19.8 Å². The van der Waals surface area contributed by atoms with E-state index in [-0.39, 0.29) is 12.5 Å². The molecule has 19 heavy (non-hydrogen) atoms. The van der Waals surface area contributed by atoms with E-state index >= 15 is 0 Å². The highest BCUT2D eigenvalue weighted by molar-refractivity contribution is 5.80. The zero-order valence-electron chi connectivity index (χ0n) is 11.8. The molecule has 0 aromatic rings. The molecule has 0 aliphatic heterocycles. The number of rotatable bonds is 12. The van der Waals surface area contributed by atoms with Crippen molar-refractivity contribution in [3.63, 3.8) is 0 Å². The molecule has 0 aromatic heterocycles. The molecule has 6 heteroatoms. The number of carbonyl (C=O) groups is 1. The Morgan fingerprint density at radius 3 is 2.47 bits per heavy atom. The molecule has 6 nitrogen and oxygen atoms in total. The summed E-state index contributed by atoms with van der Waals surface area (Å²) in [5.41, 5.74) is -0.920. The molecule has 1 aliphatic carbocycles. The topological polar surface area (TPSA) is 77.0 Å². The van der Waals surface area contributed by atoms with Crippen molar-refractivity contribution in [1.82, 2.24) is 5.32 Å². The molecule has 0 spiro atoms. The van der Waals surface area contributed by atoms with Gasteiger partial charge in [-0.2, -0.15) is 0 Å². The monoisotopic (exact) mass is 275 g/mol. The summed E-state index contributed by atoms with van der Waals surface area (Å²) in [6.07, 6.45) is 2.67. The Labute approximate surface area is 114 Å². The standard InChI is InChI=1S/C13H25NO5/c1-14-13(12(15)16,11-4-5-11)10-19-7-3-6-18-9-8-17-2/h11,14H,3-10H2,1-2H3,(H,15,16). The maximum absolute atomic E-state index is 11.4. The Kier molecular flexibility index (Phi) is 7.30. The third-order valence-corrected chi connectivity index (χ3v) is 3.44. The summed E-state index contributed by atoms with van der Waals surface area (Å²) in [5, 5.41) is 12.3. The van der Waals surface area contributed by atoms with Crippen LogP contribution in [0.4, 0.5) is 0 Å². The summed E-state index contributed by atoms with van der Waals surface area (Å²) in [6, 6.07) is 0. The molecule has 112 valence electrons. The third-order valence-electron chi connectivity index (χ3n) is 3.44. The summed E-state index contributed by atoms with van der Waals surface area (Å²) >= 11 is 0. The number of nitrogens with one attached hydrogen (secondary N) is 1. The highest BCUT2D eigenvalue weighted by Crippen LogP contribution is 2.40. The van der Waals surface area contributed by atoms with Crippen molar-refractivity contribution in [3.8, 4) is 0 Å². The van der Waals surface area contributed by atoms with Gasteiger partial charge in [-0.3, -0.25) is 4.79 Å². The quantitative estimate of drug-likeness (QED) is 0.505. The highest BCUT2D eigenvalue weighted by atomic mass is 16.5. The molecular formula is C13H25NO5. The molecule has 1 aliphatic rings. The lowest BCUT2D eigenvalue weighted by Gasteiger charge is -2.28. The van der Waals surface area contributed by atoms with Crippen LogP contribution in [-0.2, 0) is 19.0 Å². The van der Waals surface area contributed by atoms with E-state index in [1.54, 1.807) is 14.2 Å². The third kappa shape index (κ3) is 5.06. The lowest BCUT2D eigenvalue weighted by atomic mass is 9.94. The van der Waals surface area contributed by atoms with E-state index < -0.39 is 11.5 Å². The molecule has 1 saturated carbocycles. The van der Waals surface area contributed by atoms with E-state index in [0.717, 1.165) is 19.3 Å². The number of likely N-dealkylation sites (N-methyl/N-ethyl adjacent to an activating group) is 1. The molecule has 0 aromatic carbocycles. The van der Waals surface area contributed by atoms with Crippen molar-refractivity contribution >= 4 is 5.97 Å². The van der Waals surface area contributed by atoms with Gasteiger partial charge < -0.3 is 24.6 Å². The Hall–Kier alpha value is -0.690. The van der Waals surface area contributed by atoms with Crippen LogP contribution < -0.4 is 5.32 Å². The number of hydrogen-bond donors (Lipinski definition) is 2. The van der Waals surface area contributed by atoms with E-state index in [9.17, 15) is 9.90 Å². The fourth-order valence-corrected chi connectivity index (χ4v) is 2.05. The number of ether oxygens (including phenoxy) is 3. The molecule has 0 saturated heterocycles. The number of carboxylic acids is 1. The van der Waals surface area contributed by atoms with E-state index in [4.69, 9.17) is 14.2 Å². The van der Waals surface area contributed by atoms with Crippen molar-refractivity contribution in [1.29, 1.82) is 0 Å². The van der Waals surface area contributed by atoms with Gasteiger partial charge >= 0.3 is 5.97 Å². The fraction of sp³-hybridized carbons (Fsp3) is 0.923. The second kappa shape index (κ2) is 8.47. The van der Waals surface area contributed by atoms with Gasteiger partial charge in [0.2, 0.25) is 0 Å². The Balaban J connectivity index is 2.14. The smallest absolute Gasteiger partial charge is 0.326 e. The molecule has 1 atom stereocenters. The van der Waals surface area contributed by atoms with Gasteiger partial charge in [0.15, 0.2) is 0 Å². The van der Waals surface area contributed by atoms with Crippen LogP contribution in [0.5, 0.6) is 0 Å². The van der Waals surface area contributed by atoms with Crippen molar-refractivity contribution in [2.45, 2.75) is 24.8 Å². The minimum absolute atomic E-state index is 0.188. The maximum atomic E-state index is 11.4. The molecule has 0 bridgehead atoms. The Morgan fingerprint density at radius 2 is 1.95 bits per heavy atom. The van der Waals surface area contributed by atoms with Crippen LogP contribution in [0.3, 0.4) is 0 Å². The lowest BCUT2D eigenvalue weighted by molar-refractivity contribution is -0.149. The van der Waals surface area contributed by atoms with Crippen molar-refractivity contribution in [3.05, 3.63) is 0 Å². The first-order chi connectivity index (χ1) is 9.17. The fourth-order valence-electron chi connectivity index (χ4n) is 2.05. The predicted molar refractivity (Wildman–Crippen MR) is 70.3 cm³/mol. The van der Waals surface area contributed by atoms with Gasteiger partial charge in [0.25, 0.3) is 0 Å². The minimum Gasteiger partial charge on any atom is -0.480 e. The van der Waals surface area contributed by atoms with Gasteiger partial charge in [-0.15, -0.1) is 0 Å². The maximum Gasteiger partial charge on any atom is 0.326 e. The van der Waals surface area contributed by atoms with E-state index in [2.05, 4.69) is 5.32 Å². The molecule has 0 radical (unpaired) electrons. The van der Waals surface area contributed by atoms with Crippen molar-refractivity contribution < 1.29 is 24.1 Å². The number of hydrogen-bond acceptors (Lipinski definition) is 5. The van der Waals surface area contributed by atoms with Gasteiger partial charge in [-0.25, -0.2) is 0 Å². The van der Waals surface area contributed by atoms with Crippen LogP contribution in [0.15, 0.2) is 0 Å². The zero-order chi connectivity index (χ0) is 14.1. The first-order valence-corrected chi connectivity index (χ1v) is 6.74. The predicted octanol–water partition coefficient (Wildman–Crippen LogP) is 0.509. The van der Waals surface area contributed by atoms with Crippen LogP contribution in [0.1, 0.15) is 19.3 Å². The molecule has 0 heterocycles. The second-order valence-electron chi connectivity index (χ2n) is 4.81. The van der Waals surface area contributed by atoms with Gasteiger partial charge in [0, 0.05) is 20.3 Å². The van der Waals surface area contributed by atoms with E-state index in [1.807, 2.05) is 0 Å². The van der Waals surface area contributed by atoms with Crippen LogP contribution in [0.25, 0.3) is 0 Å². The molecule has 1 fully saturated rings. The summed E-state index contributed by atoms with van der Waals surface area (Å²) in [7, 11) is 3.32. The van der Waals surface area contributed by atoms with Crippen LogP contribution >= 0.6 is 0 Å². The number of methoxy groups -OCH3 is 1. The first kappa shape index (κ1) is 16.4. The van der Waals surface area contributed by atoms with Gasteiger partial charge in [-0.05, 0) is 32.2 Å². The van der Waals surface area contributed by atoms with Crippen LogP contribution in [0.2, 0.25) is 0 Å². The molecule has 2 N–H and O–H groups in total. The summed E-state index contributed by atoms with van der Waals surface area (Å²) < 4.78 is 15.7. The summed E-state index contributed by atoms with van der Waals surface area (Å²) in [4.78, 5) is 11.4. The lowest BCUT2D eigenvalue weighted by Crippen LogP contribution is -2.56. The van der Waals surface area contributed by atoms with E-state index in [0.29, 0.717) is 26.4 Å². The largest absolute Gasteiger partial charge is 0.480 e. The molecular weight excluding hydrogens is 250 g/mol. The molecule has 0 amide bonds. The average molecular weight is 275 g/mol. The molecule has 1 rings (SSSR count). The SMILES string of the molecule is CNC(COCCCOCCOC)(C(=O)O)C1CC1. The Bertz CT molecular complexity index is 270. The molecule has 1 unspecified atom stereocenters. The van der Waals surface area contributed by atoms with Crippen LogP contribution in [-0.4, -0.2) is 63.8 Å². The summed E-state index contributed by atoms with van der Waals surface area (Å²) in [5.74, 6) is -0.637. The van der Waals surface area contributed by atoms with Gasteiger partial charge in [0.1, 0.15) is 5.54 Å². The van der Waals surface area contributed by atoms with E-state index in [1.165, 1.54) is 0 Å². The number of carboxylic acid groups (broad SMARTS) is 1. The zero-order valence-corrected chi connectivity index (χ0v) is 11.8.